The second kappa shape index (κ2) is 4.91. The molecule has 4 saturated heterocycles. The molecule has 4 heterocycles. The largest absolute Gasteiger partial charge is 0.318 e. The lowest BCUT2D eigenvalue weighted by atomic mass is 9.81. The average molecular weight is 328 g/mol. The summed E-state index contributed by atoms with van der Waals surface area (Å²) >= 11 is 0. The normalized spacial score (nSPS) is 50.6. The average Bonchev–Trinajstić information content (AvgIpc) is 2.44. The van der Waals surface area contributed by atoms with Gasteiger partial charge < -0.3 is 14.2 Å². The van der Waals surface area contributed by atoms with Gasteiger partial charge in [-0.15, -0.1) is 0 Å². The van der Waals surface area contributed by atoms with Crippen LogP contribution in [0.1, 0.15) is 87.0 Å². The topological polar surface area (TPSA) is 27.7 Å². The summed E-state index contributed by atoms with van der Waals surface area (Å²) in [5.74, 6) is -0.856. The van der Waals surface area contributed by atoms with Gasteiger partial charge in [-0.25, -0.2) is 0 Å². The molecule has 3 nitrogen and oxygen atoms in total. The first-order chi connectivity index (χ1) is 10.1. The van der Waals surface area contributed by atoms with Crippen LogP contribution in [0.15, 0.2) is 0 Å². The zero-order valence-corrected chi connectivity index (χ0v) is 16.3. The quantitative estimate of drug-likeness (QED) is 0.632. The monoisotopic (exact) mass is 328 g/mol. The summed E-state index contributed by atoms with van der Waals surface area (Å²) in [5, 5.41) is 0.545. The molecule has 0 aromatic carbocycles. The SMILES string of the molecule is CCC12CC3(CC)CC(CC)(O1)OC(CC)(O2)P3C(C)(C)C. The predicted octanol–water partition coefficient (Wildman–Crippen LogP) is 5.56. The van der Waals surface area contributed by atoms with Crippen LogP contribution in [0.25, 0.3) is 0 Å². The molecular formula is C18H33O3P. The van der Waals surface area contributed by atoms with E-state index in [-0.39, 0.29) is 5.16 Å². The van der Waals surface area contributed by atoms with Crippen molar-refractivity contribution in [3.05, 3.63) is 0 Å². The summed E-state index contributed by atoms with van der Waals surface area (Å²) in [7, 11) is -0.415. The third-order valence-electron chi connectivity index (χ3n) is 5.93. The molecule has 0 spiro atoms. The molecular weight excluding hydrogens is 295 g/mol. The molecule has 4 aliphatic heterocycles. The Balaban J connectivity index is 2.19. The van der Waals surface area contributed by atoms with Crippen LogP contribution in [0.4, 0.5) is 0 Å². The highest BCUT2D eigenvalue weighted by Gasteiger charge is 2.75. The third kappa shape index (κ3) is 2.08. The van der Waals surface area contributed by atoms with E-state index in [1.54, 1.807) is 0 Å². The van der Waals surface area contributed by atoms with Crippen LogP contribution in [0.3, 0.4) is 0 Å². The second-order valence-corrected chi connectivity index (χ2v) is 12.0. The number of ether oxygens (including phenoxy) is 3. The molecule has 0 saturated carbocycles. The Bertz CT molecular complexity index is 408. The van der Waals surface area contributed by atoms with Gasteiger partial charge in [0.2, 0.25) is 0 Å². The van der Waals surface area contributed by atoms with Crippen LogP contribution in [-0.2, 0) is 14.2 Å². The molecule has 0 aromatic rings. The van der Waals surface area contributed by atoms with Crippen LogP contribution >= 0.6 is 7.92 Å². The lowest BCUT2D eigenvalue weighted by molar-refractivity contribution is -0.515. The summed E-state index contributed by atoms with van der Waals surface area (Å²) in [4.78, 5) is 0. The maximum absolute atomic E-state index is 6.67. The van der Waals surface area contributed by atoms with Gasteiger partial charge in [-0.2, -0.15) is 0 Å². The number of rotatable bonds is 4. The van der Waals surface area contributed by atoms with E-state index >= 15 is 0 Å². The molecule has 0 radical (unpaired) electrons. The molecule has 3 atom stereocenters. The third-order valence-corrected chi connectivity index (χ3v) is 10.0. The minimum atomic E-state index is -0.428. The van der Waals surface area contributed by atoms with E-state index < -0.39 is 25.0 Å². The Morgan fingerprint density at radius 2 is 1.27 bits per heavy atom. The van der Waals surface area contributed by atoms with Crippen LogP contribution < -0.4 is 0 Å². The minimum Gasteiger partial charge on any atom is -0.318 e. The van der Waals surface area contributed by atoms with Crippen LogP contribution in [-0.4, -0.2) is 27.4 Å². The molecule has 0 amide bonds. The molecule has 0 N–H and O–H groups in total. The fourth-order valence-corrected chi connectivity index (χ4v) is 10.4. The molecule has 22 heavy (non-hydrogen) atoms. The summed E-state index contributed by atoms with van der Waals surface area (Å²) < 4.78 is 19.8. The van der Waals surface area contributed by atoms with Crippen molar-refractivity contribution < 1.29 is 14.2 Å². The van der Waals surface area contributed by atoms with Crippen LogP contribution in [0.2, 0.25) is 0 Å². The van der Waals surface area contributed by atoms with Gasteiger partial charge in [0.05, 0.1) is 0 Å². The number of hydrogen-bond donors (Lipinski definition) is 0. The lowest BCUT2D eigenvalue weighted by Gasteiger charge is -2.74. The van der Waals surface area contributed by atoms with E-state index in [0.29, 0.717) is 5.16 Å². The maximum Gasteiger partial charge on any atom is 0.193 e. The standard InChI is InChI=1S/C18H33O3P/c1-8-15-12-16(9-2)19-17(10-3,13-15)21-18(11-4,20-16)22(15)14(5,6)7/h8-13H2,1-7H3. The molecule has 4 bridgehead atoms. The van der Waals surface area contributed by atoms with Gasteiger partial charge in [0.15, 0.2) is 17.1 Å². The smallest absolute Gasteiger partial charge is 0.193 e. The van der Waals surface area contributed by atoms with Crippen molar-refractivity contribution >= 4 is 7.92 Å². The Labute approximate surface area is 137 Å². The van der Waals surface area contributed by atoms with E-state index in [1.807, 2.05) is 0 Å². The molecule has 4 rings (SSSR count). The van der Waals surface area contributed by atoms with Crippen molar-refractivity contribution in [3.63, 3.8) is 0 Å². The van der Waals surface area contributed by atoms with Crippen molar-refractivity contribution in [3.8, 4) is 0 Å². The van der Waals surface area contributed by atoms with Gasteiger partial charge in [-0.3, -0.25) is 0 Å². The first-order valence-electron chi connectivity index (χ1n) is 9.05. The summed E-state index contributed by atoms with van der Waals surface area (Å²) in [6.45, 7) is 16.1. The molecule has 128 valence electrons. The molecule has 0 aliphatic carbocycles. The zero-order chi connectivity index (χ0) is 16.4. The lowest BCUT2D eigenvalue weighted by Crippen LogP contribution is -2.75. The zero-order valence-electron chi connectivity index (χ0n) is 15.4. The first kappa shape index (κ1) is 17.1. The Morgan fingerprint density at radius 3 is 1.59 bits per heavy atom. The van der Waals surface area contributed by atoms with Crippen LogP contribution in [0.5, 0.6) is 0 Å². The summed E-state index contributed by atoms with van der Waals surface area (Å²) in [6, 6.07) is 0. The van der Waals surface area contributed by atoms with Crippen molar-refractivity contribution in [2.24, 2.45) is 0 Å². The molecule has 0 aromatic heterocycles. The van der Waals surface area contributed by atoms with Gasteiger partial charge in [-0.05, 0) is 32.3 Å². The molecule has 3 unspecified atom stereocenters. The molecule has 4 aliphatic rings. The minimum absolute atomic E-state index is 0.221. The van der Waals surface area contributed by atoms with Gasteiger partial charge in [0.1, 0.15) is 0 Å². The van der Waals surface area contributed by atoms with E-state index in [0.717, 1.165) is 32.1 Å². The fourth-order valence-electron chi connectivity index (χ4n) is 5.27. The van der Waals surface area contributed by atoms with E-state index in [1.165, 1.54) is 6.42 Å². The van der Waals surface area contributed by atoms with E-state index in [2.05, 4.69) is 48.5 Å². The van der Waals surface area contributed by atoms with Crippen molar-refractivity contribution in [2.45, 2.75) is 114 Å². The van der Waals surface area contributed by atoms with Gasteiger partial charge in [0, 0.05) is 24.4 Å². The Hall–Kier alpha value is 0.310. The first-order valence-corrected chi connectivity index (χ1v) is 10.4. The second-order valence-electron chi connectivity index (χ2n) is 8.34. The van der Waals surface area contributed by atoms with Gasteiger partial charge in [-0.1, -0.05) is 48.5 Å². The highest BCUT2D eigenvalue weighted by molar-refractivity contribution is 7.62. The highest BCUT2D eigenvalue weighted by atomic mass is 31.1. The van der Waals surface area contributed by atoms with E-state index in [9.17, 15) is 0 Å². The predicted molar refractivity (Wildman–Crippen MR) is 91.3 cm³/mol. The Morgan fingerprint density at radius 1 is 0.773 bits per heavy atom. The maximum atomic E-state index is 6.67. The van der Waals surface area contributed by atoms with Crippen molar-refractivity contribution in [1.29, 1.82) is 0 Å². The molecule has 4 heteroatoms. The van der Waals surface area contributed by atoms with Gasteiger partial charge in [0.25, 0.3) is 0 Å². The summed E-state index contributed by atoms with van der Waals surface area (Å²) in [5.41, 5.74) is -0.426. The fraction of sp³-hybridized carbons (Fsp3) is 1.00. The van der Waals surface area contributed by atoms with Gasteiger partial charge >= 0.3 is 0 Å². The van der Waals surface area contributed by atoms with Crippen molar-refractivity contribution in [1.82, 2.24) is 0 Å². The summed E-state index contributed by atoms with van der Waals surface area (Å²) in [6.07, 6.45) is 6.04. The highest BCUT2D eigenvalue weighted by Crippen LogP contribution is 2.82. The molecule has 4 fully saturated rings. The Kier molecular flexibility index (Phi) is 3.83. The van der Waals surface area contributed by atoms with E-state index in [4.69, 9.17) is 14.2 Å². The van der Waals surface area contributed by atoms with Crippen molar-refractivity contribution in [2.75, 3.05) is 0 Å². The van der Waals surface area contributed by atoms with Crippen LogP contribution in [0, 0.1) is 0 Å². The number of hydrogen-bond acceptors (Lipinski definition) is 3.